The molecule has 0 unspecified atom stereocenters. The van der Waals surface area contributed by atoms with Gasteiger partial charge in [-0.2, -0.15) is 0 Å². The number of fused-ring (bicyclic) bond motifs is 3. The number of hydrogen-bond donors (Lipinski definition) is 1. The van der Waals surface area contributed by atoms with E-state index in [0.29, 0.717) is 0 Å². The molecule has 0 saturated heterocycles. The van der Waals surface area contributed by atoms with Crippen molar-refractivity contribution in [1.82, 2.24) is 9.88 Å². The quantitative estimate of drug-likeness (QED) is 0.803. The first-order valence-corrected chi connectivity index (χ1v) is 6.19. The average molecular weight is 235 g/mol. The Hall–Kier alpha value is -0.990. The first-order chi connectivity index (χ1) is 7.81. The molecular formula is C13H15ClN2. The van der Waals surface area contributed by atoms with Gasteiger partial charge in [-0.25, -0.2) is 0 Å². The van der Waals surface area contributed by atoms with Crippen LogP contribution in [0.3, 0.4) is 0 Å². The molecule has 3 heteroatoms. The Bertz CT molecular complexity index is 542. The van der Waals surface area contributed by atoms with E-state index in [1.54, 1.807) is 0 Å². The van der Waals surface area contributed by atoms with Crippen LogP contribution in [-0.2, 0) is 19.5 Å². The highest BCUT2D eigenvalue weighted by Gasteiger charge is 2.18. The molecule has 2 heterocycles. The summed E-state index contributed by atoms with van der Waals surface area (Å²) in [7, 11) is 0. The molecule has 0 amide bonds. The minimum Gasteiger partial charge on any atom is -0.342 e. The molecule has 0 fully saturated rings. The van der Waals surface area contributed by atoms with Gasteiger partial charge in [0.05, 0.1) is 0 Å². The molecule has 3 rings (SSSR count). The molecule has 0 radical (unpaired) electrons. The predicted molar refractivity (Wildman–Crippen MR) is 68.0 cm³/mol. The molecule has 0 spiro atoms. The number of hydrogen-bond acceptors (Lipinski definition) is 1. The fourth-order valence-corrected chi connectivity index (χ4v) is 2.87. The summed E-state index contributed by atoms with van der Waals surface area (Å²) in [5.74, 6) is 0. The largest absolute Gasteiger partial charge is 0.342 e. The van der Waals surface area contributed by atoms with Crippen molar-refractivity contribution in [3.63, 3.8) is 0 Å². The van der Waals surface area contributed by atoms with Gasteiger partial charge in [-0.1, -0.05) is 18.5 Å². The zero-order valence-electron chi connectivity index (χ0n) is 9.39. The van der Waals surface area contributed by atoms with E-state index >= 15 is 0 Å². The Morgan fingerprint density at radius 3 is 3.12 bits per heavy atom. The summed E-state index contributed by atoms with van der Waals surface area (Å²) in [6.45, 7) is 5.32. The summed E-state index contributed by atoms with van der Waals surface area (Å²) < 4.78 is 2.43. The fraction of sp³-hybridized carbons (Fsp3) is 0.385. The normalized spacial score (nSPS) is 15.4. The van der Waals surface area contributed by atoms with E-state index in [1.165, 1.54) is 22.2 Å². The number of nitrogens with one attached hydrogen (secondary N) is 1. The van der Waals surface area contributed by atoms with Gasteiger partial charge in [-0.15, -0.1) is 0 Å². The molecule has 1 aromatic heterocycles. The average Bonchev–Trinajstić information content (AvgIpc) is 2.61. The van der Waals surface area contributed by atoms with Gasteiger partial charge in [0.25, 0.3) is 0 Å². The van der Waals surface area contributed by atoms with Crippen LogP contribution in [0.25, 0.3) is 10.9 Å². The Balaban J connectivity index is 2.37. The van der Waals surface area contributed by atoms with E-state index in [9.17, 15) is 0 Å². The number of benzene rings is 1. The first kappa shape index (κ1) is 10.2. The second kappa shape index (κ2) is 3.79. The number of halogens is 1. The van der Waals surface area contributed by atoms with E-state index < -0.39 is 0 Å². The number of rotatable bonds is 1. The third kappa shape index (κ3) is 1.37. The van der Waals surface area contributed by atoms with Crippen LogP contribution in [-0.4, -0.2) is 11.1 Å². The van der Waals surface area contributed by atoms with Crippen molar-refractivity contribution in [3.05, 3.63) is 34.5 Å². The molecule has 2 aromatic rings. The Morgan fingerprint density at radius 1 is 1.44 bits per heavy atom. The summed E-state index contributed by atoms with van der Waals surface area (Å²) in [6.07, 6.45) is 1.07. The van der Waals surface area contributed by atoms with Crippen LogP contribution < -0.4 is 5.32 Å². The van der Waals surface area contributed by atoms with Crippen molar-refractivity contribution in [2.45, 2.75) is 26.4 Å². The molecule has 16 heavy (non-hydrogen) atoms. The maximum Gasteiger partial charge on any atom is 0.0487 e. The summed E-state index contributed by atoms with van der Waals surface area (Å²) in [4.78, 5) is 0. The van der Waals surface area contributed by atoms with E-state index in [4.69, 9.17) is 11.6 Å². The Kier molecular flexibility index (Phi) is 2.41. The Morgan fingerprint density at radius 2 is 2.31 bits per heavy atom. The number of aromatic nitrogens is 1. The van der Waals surface area contributed by atoms with Crippen molar-refractivity contribution in [1.29, 1.82) is 0 Å². The molecular weight excluding hydrogens is 220 g/mol. The highest BCUT2D eigenvalue weighted by atomic mass is 35.5. The van der Waals surface area contributed by atoms with E-state index in [0.717, 1.165) is 31.1 Å². The van der Waals surface area contributed by atoms with E-state index in [2.05, 4.69) is 28.9 Å². The number of nitrogens with zero attached hydrogens (tertiary/aromatic N) is 1. The molecule has 0 bridgehead atoms. The second-order valence-electron chi connectivity index (χ2n) is 4.27. The molecule has 2 nitrogen and oxygen atoms in total. The van der Waals surface area contributed by atoms with Gasteiger partial charge in [0.1, 0.15) is 0 Å². The summed E-state index contributed by atoms with van der Waals surface area (Å²) >= 11 is 6.09. The highest BCUT2D eigenvalue weighted by Crippen LogP contribution is 2.30. The van der Waals surface area contributed by atoms with Gasteiger partial charge in [0.2, 0.25) is 0 Å². The minimum absolute atomic E-state index is 0.832. The van der Waals surface area contributed by atoms with Crippen molar-refractivity contribution < 1.29 is 0 Å². The molecule has 0 saturated carbocycles. The molecule has 0 aliphatic carbocycles. The summed E-state index contributed by atoms with van der Waals surface area (Å²) in [6, 6.07) is 6.23. The second-order valence-corrected chi connectivity index (χ2v) is 4.71. The van der Waals surface area contributed by atoms with Crippen LogP contribution in [0.4, 0.5) is 0 Å². The van der Waals surface area contributed by atoms with Gasteiger partial charge in [0.15, 0.2) is 0 Å². The standard InChI is InChI=1S/C13H15ClN2/c1-2-10-11-7-9(14)3-4-12(11)16-6-5-15-8-13(10)16/h3-4,7,15H,2,5-6,8H2,1H3. The first-order valence-electron chi connectivity index (χ1n) is 5.81. The van der Waals surface area contributed by atoms with Crippen molar-refractivity contribution in [2.24, 2.45) is 0 Å². The third-order valence-electron chi connectivity index (χ3n) is 3.41. The van der Waals surface area contributed by atoms with Gasteiger partial charge < -0.3 is 9.88 Å². The van der Waals surface area contributed by atoms with Crippen LogP contribution in [0.1, 0.15) is 18.2 Å². The minimum atomic E-state index is 0.832. The van der Waals surface area contributed by atoms with Gasteiger partial charge in [0, 0.05) is 41.3 Å². The zero-order valence-corrected chi connectivity index (χ0v) is 10.1. The van der Waals surface area contributed by atoms with Gasteiger partial charge in [-0.05, 0) is 30.2 Å². The summed E-state index contributed by atoms with van der Waals surface area (Å²) in [5.41, 5.74) is 4.22. The lowest BCUT2D eigenvalue weighted by Gasteiger charge is -2.18. The third-order valence-corrected chi connectivity index (χ3v) is 3.64. The topological polar surface area (TPSA) is 17.0 Å². The maximum atomic E-state index is 6.09. The predicted octanol–water partition coefficient (Wildman–Crippen LogP) is 2.96. The molecule has 1 aliphatic heterocycles. The smallest absolute Gasteiger partial charge is 0.0487 e. The van der Waals surface area contributed by atoms with Crippen molar-refractivity contribution in [2.75, 3.05) is 6.54 Å². The molecule has 0 atom stereocenters. The van der Waals surface area contributed by atoms with Gasteiger partial charge in [-0.3, -0.25) is 0 Å². The highest BCUT2D eigenvalue weighted by molar-refractivity contribution is 6.31. The SMILES string of the molecule is CCc1c2n(c3ccc(Cl)cc13)CCNC2. The maximum absolute atomic E-state index is 6.09. The van der Waals surface area contributed by atoms with Crippen molar-refractivity contribution in [3.8, 4) is 0 Å². The van der Waals surface area contributed by atoms with Crippen LogP contribution in [0.2, 0.25) is 5.02 Å². The Labute approximate surface area is 100 Å². The molecule has 1 aliphatic rings. The number of aryl methyl sites for hydroxylation is 1. The molecule has 1 aromatic carbocycles. The monoisotopic (exact) mass is 234 g/mol. The van der Waals surface area contributed by atoms with Crippen LogP contribution in [0.5, 0.6) is 0 Å². The van der Waals surface area contributed by atoms with Gasteiger partial charge >= 0.3 is 0 Å². The lowest BCUT2D eigenvalue weighted by atomic mass is 10.1. The van der Waals surface area contributed by atoms with Crippen LogP contribution in [0, 0.1) is 0 Å². The molecule has 1 N–H and O–H groups in total. The van der Waals surface area contributed by atoms with E-state index in [-0.39, 0.29) is 0 Å². The van der Waals surface area contributed by atoms with Crippen LogP contribution in [0.15, 0.2) is 18.2 Å². The lowest BCUT2D eigenvalue weighted by Crippen LogP contribution is -2.28. The fourth-order valence-electron chi connectivity index (χ4n) is 2.70. The van der Waals surface area contributed by atoms with E-state index in [1.807, 2.05) is 6.07 Å². The zero-order chi connectivity index (χ0) is 11.1. The van der Waals surface area contributed by atoms with Crippen molar-refractivity contribution >= 4 is 22.5 Å². The molecule has 84 valence electrons. The lowest BCUT2D eigenvalue weighted by molar-refractivity contribution is 0.523. The van der Waals surface area contributed by atoms with Crippen LogP contribution >= 0.6 is 11.6 Å². The summed E-state index contributed by atoms with van der Waals surface area (Å²) in [5, 5.41) is 5.60.